The van der Waals surface area contributed by atoms with E-state index in [-0.39, 0.29) is 12.8 Å². The smallest absolute Gasteiger partial charge is 0.326 e. The Bertz CT molecular complexity index is 523. The summed E-state index contributed by atoms with van der Waals surface area (Å²) in [7, 11) is 0. The molecule has 3 unspecified atom stereocenters. The molecule has 0 rings (SSSR count). The predicted octanol–water partition coefficient (Wildman–Crippen LogP) is -4.24. The zero-order valence-corrected chi connectivity index (χ0v) is 13.7. The van der Waals surface area contributed by atoms with E-state index >= 15 is 0 Å². The number of aliphatic hydroxyl groups excluding tert-OH is 1. The fraction of sp³-hybridized carbons (Fsp3) is 0.615. The number of nitrogens with two attached hydrogens (primary N) is 2. The van der Waals surface area contributed by atoms with Gasteiger partial charge in [0.15, 0.2) is 0 Å². The van der Waals surface area contributed by atoms with Crippen molar-refractivity contribution in [2.45, 2.75) is 37.9 Å². The third-order valence-electron chi connectivity index (χ3n) is 2.97. The molecule has 0 aliphatic carbocycles. The van der Waals surface area contributed by atoms with Gasteiger partial charge in [-0.1, -0.05) is 0 Å². The van der Waals surface area contributed by atoms with Gasteiger partial charge < -0.3 is 37.6 Å². The third kappa shape index (κ3) is 9.22. The summed E-state index contributed by atoms with van der Waals surface area (Å²) in [6.45, 7) is 0.0687. The van der Waals surface area contributed by atoms with Crippen molar-refractivity contribution in [2.24, 2.45) is 11.5 Å². The second kappa shape index (κ2) is 10.9. The van der Waals surface area contributed by atoms with Crippen LogP contribution in [0.15, 0.2) is 0 Å². The van der Waals surface area contributed by atoms with E-state index in [4.69, 9.17) is 21.7 Å². The van der Waals surface area contributed by atoms with Crippen LogP contribution < -0.4 is 27.4 Å². The molecule has 9 N–H and O–H groups in total. The summed E-state index contributed by atoms with van der Waals surface area (Å²) >= 11 is 0. The van der Waals surface area contributed by atoms with E-state index in [0.717, 1.165) is 0 Å². The maximum atomic E-state index is 11.8. The van der Waals surface area contributed by atoms with Crippen LogP contribution in [-0.4, -0.2) is 71.1 Å². The van der Waals surface area contributed by atoms with Crippen molar-refractivity contribution >= 4 is 29.6 Å². The Labute approximate surface area is 143 Å². The van der Waals surface area contributed by atoms with Crippen molar-refractivity contribution in [1.82, 2.24) is 16.0 Å². The van der Waals surface area contributed by atoms with Crippen LogP contribution in [0.1, 0.15) is 19.8 Å². The van der Waals surface area contributed by atoms with Crippen LogP contribution in [0.4, 0.5) is 0 Å². The van der Waals surface area contributed by atoms with Gasteiger partial charge in [-0.25, -0.2) is 4.79 Å². The van der Waals surface area contributed by atoms with Gasteiger partial charge >= 0.3 is 5.97 Å². The first-order valence-corrected chi connectivity index (χ1v) is 7.33. The van der Waals surface area contributed by atoms with Gasteiger partial charge in [0.2, 0.25) is 23.6 Å². The van der Waals surface area contributed by atoms with E-state index in [2.05, 4.69) is 16.0 Å². The summed E-state index contributed by atoms with van der Waals surface area (Å²) < 4.78 is 0. The first-order chi connectivity index (χ1) is 11.6. The molecule has 0 aromatic heterocycles. The Hall–Kier alpha value is -2.73. The van der Waals surface area contributed by atoms with Gasteiger partial charge in [0.1, 0.15) is 12.1 Å². The van der Waals surface area contributed by atoms with Crippen LogP contribution in [0.2, 0.25) is 0 Å². The molecule has 0 radical (unpaired) electrons. The van der Waals surface area contributed by atoms with E-state index in [0.29, 0.717) is 0 Å². The molecular formula is C13H23N5O7. The highest BCUT2D eigenvalue weighted by molar-refractivity contribution is 5.92. The quantitative estimate of drug-likeness (QED) is 0.191. The number of primary amides is 1. The van der Waals surface area contributed by atoms with E-state index in [1.165, 1.54) is 6.92 Å². The number of rotatable bonds is 11. The molecule has 4 amide bonds. The average Bonchev–Trinajstić information content (AvgIpc) is 2.53. The second-order valence-electron chi connectivity index (χ2n) is 5.21. The highest BCUT2D eigenvalue weighted by Gasteiger charge is 2.23. The van der Waals surface area contributed by atoms with Crippen molar-refractivity contribution in [2.75, 3.05) is 13.2 Å². The second-order valence-corrected chi connectivity index (χ2v) is 5.21. The molecule has 0 aliphatic rings. The molecule has 0 spiro atoms. The molecule has 0 saturated carbocycles. The zero-order chi connectivity index (χ0) is 19.6. The molecule has 142 valence electrons. The Morgan fingerprint density at radius 2 is 1.64 bits per heavy atom. The molecule has 0 aromatic rings. The lowest BCUT2D eigenvalue weighted by Crippen LogP contribution is -2.54. The minimum Gasteiger partial charge on any atom is -0.480 e. The van der Waals surface area contributed by atoms with Crippen molar-refractivity contribution in [3.63, 3.8) is 0 Å². The monoisotopic (exact) mass is 361 g/mol. The number of carbonyl (C=O) groups excluding carboxylic acids is 4. The Morgan fingerprint density at radius 1 is 1.04 bits per heavy atom. The van der Waals surface area contributed by atoms with Gasteiger partial charge in [0, 0.05) is 6.42 Å². The van der Waals surface area contributed by atoms with Crippen molar-refractivity contribution < 1.29 is 34.2 Å². The number of aliphatic hydroxyl groups is 1. The van der Waals surface area contributed by atoms with Gasteiger partial charge in [-0.05, 0) is 13.3 Å². The lowest BCUT2D eigenvalue weighted by Gasteiger charge is -2.18. The van der Waals surface area contributed by atoms with Crippen molar-refractivity contribution in [1.29, 1.82) is 0 Å². The van der Waals surface area contributed by atoms with E-state index in [9.17, 15) is 24.0 Å². The van der Waals surface area contributed by atoms with Crippen LogP contribution in [0.3, 0.4) is 0 Å². The first kappa shape index (κ1) is 22.3. The maximum Gasteiger partial charge on any atom is 0.326 e. The molecule has 25 heavy (non-hydrogen) atoms. The molecule has 0 aliphatic heterocycles. The van der Waals surface area contributed by atoms with E-state index < -0.39 is 60.9 Å². The first-order valence-electron chi connectivity index (χ1n) is 7.33. The molecule has 0 bridgehead atoms. The van der Waals surface area contributed by atoms with Gasteiger partial charge in [0.05, 0.1) is 19.2 Å². The van der Waals surface area contributed by atoms with Crippen LogP contribution in [0.25, 0.3) is 0 Å². The zero-order valence-electron chi connectivity index (χ0n) is 13.7. The molecule has 12 heteroatoms. The highest BCUT2D eigenvalue weighted by Crippen LogP contribution is 1.97. The minimum absolute atomic E-state index is 0.200. The number of hydrogen-bond acceptors (Lipinski definition) is 7. The minimum atomic E-state index is -1.36. The lowest BCUT2D eigenvalue weighted by atomic mass is 10.1. The Morgan fingerprint density at radius 3 is 2.08 bits per heavy atom. The number of nitrogens with one attached hydrogen (secondary N) is 3. The standard InChI is InChI=1S/C13H23N5O7/c1-6(14)11(22)18-8(5-19)12(23)16-4-10(21)17-7(13(24)25)2-3-9(15)20/h6-8,19H,2-5,14H2,1H3,(H2,15,20)(H,16,23)(H,17,21)(H,18,22)(H,24,25). The normalized spacial score (nSPS) is 13.9. The average molecular weight is 361 g/mol. The van der Waals surface area contributed by atoms with Crippen LogP contribution in [0.5, 0.6) is 0 Å². The fourth-order valence-corrected chi connectivity index (χ4v) is 1.58. The summed E-state index contributed by atoms with van der Waals surface area (Å²) in [5, 5.41) is 24.5. The molecule has 0 aromatic carbocycles. The summed E-state index contributed by atoms with van der Waals surface area (Å²) in [4.78, 5) is 56.5. The fourth-order valence-electron chi connectivity index (χ4n) is 1.58. The number of hydrogen-bond donors (Lipinski definition) is 7. The third-order valence-corrected chi connectivity index (χ3v) is 2.97. The molecular weight excluding hydrogens is 338 g/mol. The van der Waals surface area contributed by atoms with Gasteiger partial charge in [-0.15, -0.1) is 0 Å². The summed E-state index contributed by atoms with van der Waals surface area (Å²) in [5.74, 6) is -4.44. The number of carboxylic acid groups (broad SMARTS) is 1. The van der Waals surface area contributed by atoms with Crippen LogP contribution in [-0.2, 0) is 24.0 Å². The summed E-state index contributed by atoms with van der Waals surface area (Å²) in [5.41, 5.74) is 10.2. The number of carbonyl (C=O) groups is 5. The maximum absolute atomic E-state index is 11.8. The molecule has 0 fully saturated rings. The number of carboxylic acids is 1. The highest BCUT2D eigenvalue weighted by atomic mass is 16.4. The molecule has 0 saturated heterocycles. The SMILES string of the molecule is CC(N)C(=O)NC(CO)C(=O)NCC(=O)NC(CCC(N)=O)C(=O)O. The summed E-state index contributed by atoms with van der Waals surface area (Å²) in [6, 6.07) is -3.55. The molecule has 3 atom stereocenters. The van der Waals surface area contributed by atoms with Crippen LogP contribution >= 0.6 is 0 Å². The Balaban J connectivity index is 4.49. The predicted molar refractivity (Wildman–Crippen MR) is 83.7 cm³/mol. The molecule has 0 heterocycles. The van der Waals surface area contributed by atoms with Gasteiger partial charge in [-0.3, -0.25) is 19.2 Å². The van der Waals surface area contributed by atoms with E-state index in [1.54, 1.807) is 0 Å². The van der Waals surface area contributed by atoms with Crippen LogP contribution in [0, 0.1) is 0 Å². The van der Waals surface area contributed by atoms with E-state index in [1.807, 2.05) is 0 Å². The molecule has 12 nitrogen and oxygen atoms in total. The van der Waals surface area contributed by atoms with Crippen molar-refractivity contribution in [3.05, 3.63) is 0 Å². The van der Waals surface area contributed by atoms with Crippen molar-refractivity contribution in [3.8, 4) is 0 Å². The number of amides is 4. The summed E-state index contributed by atoms with van der Waals surface area (Å²) in [6.07, 6.45) is -0.437. The largest absolute Gasteiger partial charge is 0.480 e. The van der Waals surface area contributed by atoms with Gasteiger partial charge in [-0.2, -0.15) is 0 Å². The topological polar surface area (TPSA) is 214 Å². The number of aliphatic carboxylic acids is 1. The lowest BCUT2D eigenvalue weighted by molar-refractivity contribution is -0.142. The Kier molecular flexibility index (Phi) is 9.74. The van der Waals surface area contributed by atoms with Gasteiger partial charge in [0.25, 0.3) is 0 Å².